The van der Waals surface area contributed by atoms with E-state index in [1.807, 2.05) is 0 Å². The van der Waals surface area contributed by atoms with Gasteiger partial charge in [0.05, 0.1) is 4.90 Å². The molecule has 6 heteroatoms. The minimum atomic E-state index is -3.62. The molecule has 1 amide bonds. The summed E-state index contributed by atoms with van der Waals surface area (Å²) >= 11 is 0. The normalized spacial score (nSPS) is 16.2. The van der Waals surface area contributed by atoms with Crippen LogP contribution in [0.25, 0.3) is 0 Å². The molecule has 2 rings (SSSR count). The molecule has 5 nitrogen and oxygen atoms in total. The number of piperidine rings is 1. The maximum atomic E-state index is 12.2. The molecule has 1 fully saturated rings. The van der Waals surface area contributed by atoms with E-state index < -0.39 is 21.5 Å². The molecular weight excluding hydrogens is 278 g/mol. The molecular formula is C14H17NO4S. The number of likely N-dealkylation sites (tertiary alicyclic amines) is 1. The summed E-state index contributed by atoms with van der Waals surface area (Å²) in [6.07, 6.45) is 0.631. The number of ketones is 1. The Bertz CT molecular complexity index is 626. The van der Waals surface area contributed by atoms with Crippen molar-refractivity contribution in [2.75, 3.05) is 18.8 Å². The number of benzene rings is 1. The standard InChI is InChI=1S/C14H17NO4S/c1-11-3-2-4-13(9-11)20(18,19)10-14(17)15-7-5-12(16)6-8-15/h2-4,9H,5-8,10H2,1H3. The molecule has 0 N–H and O–H groups in total. The number of nitrogens with zero attached hydrogens (tertiary/aromatic N) is 1. The van der Waals surface area contributed by atoms with Gasteiger partial charge in [0.25, 0.3) is 0 Å². The van der Waals surface area contributed by atoms with Crippen LogP contribution >= 0.6 is 0 Å². The van der Waals surface area contributed by atoms with Gasteiger partial charge in [-0.3, -0.25) is 9.59 Å². The number of rotatable bonds is 3. The first-order valence-electron chi connectivity index (χ1n) is 6.47. The Morgan fingerprint density at radius 2 is 1.90 bits per heavy atom. The average molecular weight is 295 g/mol. The fraction of sp³-hybridized carbons (Fsp3) is 0.429. The highest BCUT2D eigenvalue weighted by atomic mass is 32.2. The summed E-state index contributed by atoms with van der Waals surface area (Å²) in [5, 5.41) is 0. The summed E-state index contributed by atoms with van der Waals surface area (Å²) < 4.78 is 24.4. The topological polar surface area (TPSA) is 71.5 Å². The smallest absolute Gasteiger partial charge is 0.238 e. The van der Waals surface area contributed by atoms with E-state index in [1.54, 1.807) is 25.1 Å². The van der Waals surface area contributed by atoms with Crippen LogP contribution in [-0.4, -0.2) is 43.9 Å². The van der Waals surface area contributed by atoms with Gasteiger partial charge in [-0.1, -0.05) is 12.1 Å². The number of hydrogen-bond acceptors (Lipinski definition) is 4. The van der Waals surface area contributed by atoms with Gasteiger partial charge in [-0.15, -0.1) is 0 Å². The molecule has 1 saturated heterocycles. The van der Waals surface area contributed by atoms with Crippen LogP contribution in [0.4, 0.5) is 0 Å². The molecule has 0 spiro atoms. The van der Waals surface area contributed by atoms with Crippen molar-refractivity contribution >= 4 is 21.5 Å². The van der Waals surface area contributed by atoms with Crippen molar-refractivity contribution in [2.45, 2.75) is 24.7 Å². The zero-order chi connectivity index (χ0) is 14.8. The van der Waals surface area contributed by atoms with Crippen molar-refractivity contribution in [3.05, 3.63) is 29.8 Å². The number of Topliss-reactive ketones (excluding diaryl/α,β-unsaturated/α-hetero) is 1. The molecule has 0 unspecified atom stereocenters. The molecule has 1 aromatic carbocycles. The first kappa shape index (κ1) is 14.7. The van der Waals surface area contributed by atoms with Gasteiger partial charge >= 0.3 is 0 Å². The van der Waals surface area contributed by atoms with Crippen molar-refractivity contribution in [1.82, 2.24) is 4.90 Å². The highest BCUT2D eigenvalue weighted by molar-refractivity contribution is 7.92. The molecule has 0 saturated carbocycles. The number of sulfone groups is 1. The predicted octanol–water partition coefficient (Wildman–Crippen LogP) is 0.960. The second kappa shape index (κ2) is 5.75. The van der Waals surface area contributed by atoms with E-state index in [0.717, 1.165) is 5.56 Å². The van der Waals surface area contributed by atoms with Gasteiger partial charge < -0.3 is 4.90 Å². The van der Waals surface area contributed by atoms with E-state index in [0.29, 0.717) is 25.9 Å². The Morgan fingerprint density at radius 3 is 2.50 bits per heavy atom. The molecule has 1 heterocycles. The third kappa shape index (κ3) is 3.45. The summed E-state index contributed by atoms with van der Waals surface area (Å²) in [4.78, 5) is 24.8. The Kier molecular flexibility index (Phi) is 4.23. The summed E-state index contributed by atoms with van der Waals surface area (Å²) in [7, 11) is -3.62. The predicted molar refractivity (Wildman–Crippen MR) is 74.1 cm³/mol. The Morgan fingerprint density at radius 1 is 1.25 bits per heavy atom. The zero-order valence-electron chi connectivity index (χ0n) is 11.3. The summed E-state index contributed by atoms with van der Waals surface area (Å²) in [6.45, 7) is 2.44. The minimum absolute atomic E-state index is 0.121. The lowest BCUT2D eigenvalue weighted by Gasteiger charge is -2.25. The van der Waals surface area contributed by atoms with Crippen molar-refractivity contribution in [3.63, 3.8) is 0 Å². The molecule has 1 aromatic rings. The minimum Gasteiger partial charge on any atom is -0.341 e. The number of hydrogen-bond donors (Lipinski definition) is 0. The van der Waals surface area contributed by atoms with Gasteiger partial charge in [0.15, 0.2) is 9.84 Å². The monoisotopic (exact) mass is 295 g/mol. The van der Waals surface area contributed by atoms with Crippen molar-refractivity contribution in [1.29, 1.82) is 0 Å². The van der Waals surface area contributed by atoms with Gasteiger partial charge in [-0.2, -0.15) is 0 Å². The third-order valence-electron chi connectivity index (χ3n) is 3.34. The number of carbonyl (C=O) groups excluding carboxylic acids is 2. The summed E-state index contributed by atoms with van der Waals surface area (Å²) in [6, 6.07) is 6.51. The zero-order valence-corrected chi connectivity index (χ0v) is 12.1. The molecule has 20 heavy (non-hydrogen) atoms. The van der Waals surface area contributed by atoms with E-state index in [-0.39, 0.29) is 10.7 Å². The van der Waals surface area contributed by atoms with Gasteiger partial charge in [-0.25, -0.2) is 8.42 Å². The number of aryl methyl sites for hydroxylation is 1. The van der Waals surface area contributed by atoms with E-state index >= 15 is 0 Å². The second-order valence-electron chi connectivity index (χ2n) is 5.00. The molecule has 0 aliphatic carbocycles. The Hall–Kier alpha value is -1.69. The van der Waals surface area contributed by atoms with Crippen molar-refractivity contribution < 1.29 is 18.0 Å². The van der Waals surface area contributed by atoms with Crippen LogP contribution in [0.2, 0.25) is 0 Å². The van der Waals surface area contributed by atoms with Crippen LogP contribution < -0.4 is 0 Å². The quantitative estimate of drug-likeness (QED) is 0.832. The van der Waals surface area contributed by atoms with E-state index in [9.17, 15) is 18.0 Å². The molecule has 0 radical (unpaired) electrons. The Labute approximate surface area is 118 Å². The molecule has 0 atom stereocenters. The van der Waals surface area contributed by atoms with Gasteiger partial charge in [0.1, 0.15) is 11.5 Å². The lowest BCUT2D eigenvalue weighted by atomic mass is 10.1. The lowest BCUT2D eigenvalue weighted by Crippen LogP contribution is -2.41. The maximum Gasteiger partial charge on any atom is 0.238 e. The van der Waals surface area contributed by atoms with Crippen LogP contribution in [0.1, 0.15) is 18.4 Å². The number of carbonyl (C=O) groups is 2. The van der Waals surface area contributed by atoms with Crippen molar-refractivity contribution in [2.24, 2.45) is 0 Å². The van der Waals surface area contributed by atoms with E-state index in [2.05, 4.69) is 0 Å². The van der Waals surface area contributed by atoms with Crippen LogP contribution in [0.3, 0.4) is 0 Å². The molecule has 0 aromatic heterocycles. The van der Waals surface area contributed by atoms with Crippen molar-refractivity contribution in [3.8, 4) is 0 Å². The molecule has 108 valence electrons. The van der Waals surface area contributed by atoms with Gasteiger partial charge in [-0.05, 0) is 24.6 Å². The average Bonchev–Trinajstić information content (AvgIpc) is 2.39. The van der Waals surface area contributed by atoms with Gasteiger partial charge in [0, 0.05) is 25.9 Å². The summed E-state index contributed by atoms with van der Waals surface area (Å²) in [5.41, 5.74) is 0.835. The maximum absolute atomic E-state index is 12.2. The van der Waals surface area contributed by atoms with Crippen LogP contribution in [-0.2, 0) is 19.4 Å². The molecule has 1 aliphatic heterocycles. The lowest BCUT2D eigenvalue weighted by molar-refractivity contribution is -0.132. The fourth-order valence-electron chi connectivity index (χ4n) is 2.15. The van der Waals surface area contributed by atoms with Crippen LogP contribution in [0.5, 0.6) is 0 Å². The van der Waals surface area contributed by atoms with Gasteiger partial charge in [0.2, 0.25) is 5.91 Å². The summed E-state index contributed by atoms with van der Waals surface area (Å²) in [5.74, 6) is -0.848. The Balaban J connectivity index is 2.08. The highest BCUT2D eigenvalue weighted by Crippen LogP contribution is 2.14. The SMILES string of the molecule is Cc1cccc(S(=O)(=O)CC(=O)N2CCC(=O)CC2)c1. The second-order valence-corrected chi connectivity index (χ2v) is 6.98. The molecule has 1 aliphatic rings. The third-order valence-corrected chi connectivity index (χ3v) is 4.94. The fourth-order valence-corrected chi connectivity index (χ4v) is 3.48. The molecule has 0 bridgehead atoms. The van der Waals surface area contributed by atoms with E-state index in [4.69, 9.17) is 0 Å². The number of amides is 1. The van der Waals surface area contributed by atoms with Crippen LogP contribution in [0, 0.1) is 6.92 Å². The van der Waals surface area contributed by atoms with E-state index in [1.165, 1.54) is 11.0 Å². The largest absolute Gasteiger partial charge is 0.341 e. The first-order valence-corrected chi connectivity index (χ1v) is 8.12. The highest BCUT2D eigenvalue weighted by Gasteiger charge is 2.26. The van der Waals surface area contributed by atoms with Crippen LogP contribution in [0.15, 0.2) is 29.2 Å². The first-order chi connectivity index (χ1) is 9.38.